The van der Waals surface area contributed by atoms with Crippen molar-refractivity contribution >= 4 is 22.5 Å². The molecule has 4 heteroatoms. The van der Waals surface area contributed by atoms with Crippen LogP contribution >= 0.6 is 0 Å². The van der Waals surface area contributed by atoms with Crippen molar-refractivity contribution in [3.63, 3.8) is 0 Å². The van der Waals surface area contributed by atoms with Crippen LogP contribution in [0.1, 0.15) is 34.6 Å². The summed E-state index contributed by atoms with van der Waals surface area (Å²) in [6.07, 6.45) is 2.39. The third-order valence-electron chi connectivity index (χ3n) is 6.39. The van der Waals surface area contributed by atoms with Gasteiger partial charge in [-0.3, -0.25) is 4.79 Å². The molecule has 0 bridgehead atoms. The predicted octanol–water partition coefficient (Wildman–Crippen LogP) is 7.30. The number of fused-ring (bicyclic) bond motifs is 1. The topological polar surface area (TPSA) is 34.0 Å². The molecule has 1 amide bonds. The van der Waals surface area contributed by atoms with Gasteiger partial charge in [-0.05, 0) is 53.9 Å². The minimum atomic E-state index is -0.289. The van der Waals surface area contributed by atoms with E-state index in [0.29, 0.717) is 0 Å². The second-order valence-electron chi connectivity index (χ2n) is 8.94. The van der Waals surface area contributed by atoms with E-state index in [1.165, 1.54) is 17.7 Å². The quantitative estimate of drug-likeness (QED) is 0.271. The van der Waals surface area contributed by atoms with E-state index in [9.17, 15) is 9.18 Å². The molecule has 0 aliphatic rings. The number of hydrogen-bond acceptors (Lipinski definition) is 1. The standard InChI is InChI=1S/C31H27FN2O/c1-22-11-17-26(18-12-22)33-31(35)19-28(24-13-15-25(32)16-14-24)29-21-34(20-23-7-3-2-4-8-23)30-10-6-5-9-27(29)30/h2-18,21,28H,19-20H2,1H3,(H,33,35). The molecule has 1 N–H and O–H groups in total. The molecule has 4 aromatic carbocycles. The number of halogens is 1. The van der Waals surface area contributed by atoms with Crippen LogP contribution in [0.2, 0.25) is 0 Å². The van der Waals surface area contributed by atoms with Crippen LogP contribution in [0, 0.1) is 12.7 Å². The molecule has 0 spiro atoms. The number of para-hydroxylation sites is 1. The van der Waals surface area contributed by atoms with Crippen molar-refractivity contribution in [2.45, 2.75) is 25.8 Å². The van der Waals surface area contributed by atoms with Crippen LogP contribution in [0.3, 0.4) is 0 Å². The number of carbonyl (C=O) groups excluding carboxylic acids is 1. The summed E-state index contributed by atoms with van der Waals surface area (Å²) in [6, 6.07) is 32.8. The van der Waals surface area contributed by atoms with E-state index >= 15 is 0 Å². The van der Waals surface area contributed by atoms with Gasteiger partial charge in [0.05, 0.1) is 0 Å². The molecular formula is C31H27FN2O. The molecule has 0 saturated heterocycles. The van der Waals surface area contributed by atoms with Gasteiger partial charge < -0.3 is 9.88 Å². The summed E-state index contributed by atoms with van der Waals surface area (Å²) in [7, 11) is 0. The average Bonchev–Trinajstić information content (AvgIpc) is 3.23. The Balaban J connectivity index is 1.53. The van der Waals surface area contributed by atoms with Gasteiger partial charge in [0.25, 0.3) is 0 Å². The summed E-state index contributed by atoms with van der Waals surface area (Å²) in [4.78, 5) is 13.2. The molecule has 0 aliphatic carbocycles. The zero-order chi connectivity index (χ0) is 24.2. The number of rotatable bonds is 7. The normalized spacial score (nSPS) is 11.9. The van der Waals surface area contributed by atoms with Gasteiger partial charge in [0.1, 0.15) is 5.82 Å². The molecule has 1 unspecified atom stereocenters. The molecule has 0 fully saturated rings. The van der Waals surface area contributed by atoms with E-state index in [0.717, 1.165) is 39.8 Å². The Morgan fingerprint density at radius 2 is 1.54 bits per heavy atom. The first-order valence-corrected chi connectivity index (χ1v) is 11.8. The third-order valence-corrected chi connectivity index (χ3v) is 6.39. The molecule has 0 radical (unpaired) electrons. The fourth-order valence-corrected chi connectivity index (χ4v) is 4.60. The van der Waals surface area contributed by atoms with Crippen molar-refractivity contribution in [3.05, 3.63) is 137 Å². The highest BCUT2D eigenvalue weighted by molar-refractivity contribution is 5.93. The predicted molar refractivity (Wildman–Crippen MR) is 140 cm³/mol. The summed E-state index contributed by atoms with van der Waals surface area (Å²) in [5, 5.41) is 4.12. The number of carbonyl (C=O) groups is 1. The van der Waals surface area contributed by atoms with Crippen LogP contribution in [0.15, 0.2) is 109 Å². The van der Waals surface area contributed by atoms with Crippen LogP contribution in [-0.2, 0) is 11.3 Å². The molecule has 5 rings (SSSR count). The van der Waals surface area contributed by atoms with Crippen molar-refractivity contribution in [2.75, 3.05) is 5.32 Å². The van der Waals surface area contributed by atoms with Gasteiger partial charge in [-0.25, -0.2) is 4.39 Å². The first kappa shape index (κ1) is 22.6. The number of anilines is 1. The zero-order valence-corrected chi connectivity index (χ0v) is 19.6. The third kappa shape index (κ3) is 5.17. The highest BCUT2D eigenvalue weighted by atomic mass is 19.1. The van der Waals surface area contributed by atoms with Crippen LogP contribution in [0.4, 0.5) is 10.1 Å². The number of nitrogens with one attached hydrogen (secondary N) is 1. The number of nitrogens with zero attached hydrogens (tertiary/aromatic N) is 1. The fourth-order valence-electron chi connectivity index (χ4n) is 4.60. The summed E-state index contributed by atoms with van der Waals surface area (Å²) in [5.41, 5.74) is 6.19. The Hall–Kier alpha value is -4.18. The Morgan fingerprint density at radius 1 is 0.857 bits per heavy atom. The zero-order valence-electron chi connectivity index (χ0n) is 19.6. The first-order chi connectivity index (χ1) is 17.1. The molecule has 1 heterocycles. The molecule has 0 saturated carbocycles. The van der Waals surface area contributed by atoms with E-state index in [4.69, 9.17) is 0 Å². The summed E-state index contributed by atoms with van der Waals surface area (Å²) >= 11 is 0. The fraction of sp³-hybridized carbons (Fsp3) is 0.129. The lowest BCUT2D eigenvalue weighted by Gasteiger charge is -2.17. The molecular weight excluding hydrogens is 435 g/mol. The lowest BCUT2D eigenvalue weighted by atomic mass is 9.88. The van der Waals surface area contributed by atoms with Gasteiger partial charge in [-0.2, -0.15) is 0 Å². The highest BCUT2D eigenvalue weighted by Gasteiger charge is 2.23. The average molecular weight is 463 g/mol. The lowest BCUT2D eigenvalue weighted by Crippen LogP contribution is -2.16. The minimum Gasteiger partial charge on any atom is -0.343 e. The van der Waals surface area contributed by atoms with E-state index < -0.39 is 0 Å². The maximum atomic E-state index is 13.8. The summed E-state index contributed by atoms with van der Waals surface area (Å²) in [6.45, 7) is 2.74. The Morgan fingerprint density at radius 3 is 2.29 bits per heavy atom. The van der Waals surface area contributed by atoms with Gasteiger partial charge in [0.2, 0.25) is 5.91 Å². The number of aryl methyl sites for hydroxylation is 1. The summed E-state index contributed by atoms with van der Waals surface area (Å²) in [5.74, 6) is -0.589. The minimum absolute atomic E-state index is 0.0805. The second-order valence-corrected chi connectivity index (χ2v) is 8.94. The van der Waals surface area contributed by atoms with E-state index in [1.807, 2.05) is 61.5 Å². The first-order valence-electron chi connectivity index (χ1n) is 11.8. The van der Waals surface area contributed by atoms with Gasteiger partial charge in [-0.15, -0.1) is 0 Å². The molecule has 3 nitrogen and oxygen atoms in total. The van der Waals surface area contributed by atoms with E-state index in [-0.39, 0.29) is 24.1 Å². The van der Waals surface area contributed by atoms with Crippen molar-refractivity contribution in [1.82, 2.24) is 4.57 Å². The van der Waals surface area contributed by atoms with Crippen molar-refractivity contribution in [3.8, 4) is 0 Å². The maximum absolute atomic E-state index is 13.8. The second kappa shape index (κ2) is 9.98. The monoisotopic (exact) mass is 462 g/mol. The van der Waals surface area contributed by atoms with Crippen molar-refractivity contribution in [2.24, 2.45) is 0 Å². The molecule has 1 aromatic heterocycles. The van der Waals surface area contributed by atoms with Gasteiger partial charge in [-0.1, -0.05) is 78.4 Å². The van der Waals surface area contributed by atoms with Gasteiger partial charge >= 0.3 is 0 Å². The van der Waals surface area contributed by atoms with Gasteiger partial charge in [0, 0.05) is 41.7 Å². The number of hydrogen-bond donors (Lipinski definition) is 1. The van der Waals surface area contributed by atoms with Crippen LogP contribution in [-0.4, -0.2) is 10.5 Å². The van der Waals surface area contributed by atoms with E-state index in [2.05, 4.69) is 40.3 Å². The lowest BCUT2D eigenvalue weighted by molar-refractivity contribution is -0.116. The van der Waals surface area contributed by atoms with Crippen LogP contribution in [0.25, 0.3) is 10.9 Å². The van der Waals surface area contributed by atoms with Gasteiger partial charge in [0.15, 0.2) is 0 Å². The van der Waals surface area contributed by atoms with Crippen LogP contribution < -0.4 is 5.32 Å². The molecule has 35 heavy (non-hydrogen) atoms. The Kier molecular flexibility index (Phi) is 6.44. The Labute approximate surface area is 204 Å². The molecule has 0 aliphatic heterocycles. The van der Waals surface area contributed by atoms with E-state index in [1.54, 1.807) is 12.1 Å². The maximum Gasteiger partial charge on any atom is 0.225 e. The highest BCUT2D eigenvalue weighted by Crippen LogP contribution is 2.35. The smallest absolute Gasteiger partial charge is 0.225 e. The van der Waals surface area contributed by atoms with Crippen molar-refractivity contribution in [1.29, 1.82) is 0 Å². The Bertz CT molecular complexity index is 1440. The largest absolute Gasteiger partial charge is 0.343 e. The van der Waals surface area contributed by atoms with Crippen molar-refractivity contribution < 1.29 is 9.18 Å². The number of aromatic nitrogens is 1. The number of benzene rings is 4. The van der Waals surface area contributed by atoms with Crippen LogP contribution in [0.5, 0.6) is 0 Å². The SMILES string of the molecule is Cc1ccc(NC(=O)CC(c2ccc(F)cc2)c2cn(Cc3ccccc3)c3ccccc23)cc1. The molecule has 1 atom stereocenters. The molecule has 174 valence electrons. The number of amides is 1. The summed E-state index contributed by atoms with van der Waals surface area (Å²) < 4.78 is 16.0. The molecule has 5 aromatic rings.